The molecular weight excluding hydrogens is 300 g/mol. The van der Waals surface area contributed by atoms with Crippen LogP contribution in [0, 0.1) is 5.92 Å². The molecule has 4 heteroatoms. The van der Waals surface area contributed by atoms with Crippen LogP contribution in [0.4, 0.5) is 11.4 Å². The van der Waals surface area contributed by atoms with Gasteiger partial charge in [0, 0.05) is 36.4 Å². The molecular formula is C20H22N2O2. The van der Waals surface area contributed by atoms with E-state index < -0.39 is 0 Å². The van der Waals surface area contributed by atoms with Gasteiger partial charge in [0.05, 0.1) is 12.1 Å². The predicted octanol–water partition coefficient (Wildman–Crippen LogP) is 4.28. The molecule has 24 heavy (non-hydrogen) atoms. The molecule has 124 valence electrons. The summed E-state index contributed by atoms with van der Waals surface area (Å²) in [5.74, 6) is 0.350. The van der Waals surface area contributed by atoms with Crippen LogP contribution in [0.15, 0.2) is 48.5 Å². The van der Waals surface area contributed by atoms with E-state index in [2.05, 4.69) is 41.0 Å². The van der Waals surface area contributed by atoms with Gasteiger partial charge >= 0.3 is 0 Å². The molecule has 2 aliphatic heterocycles. The van der Waals surface area contributed by atoms with E-state index in [0.29, 0.717) is 5.92 Å². The number of hydrogen-bond donors (Lipinski definition) is 2. The molecule has 2 aromatic carbocycles. The first kappa shape index (κ1) is 15.2. The highest BCUT2D eigenvalue weighted by atomic mass is 16.5. The number of carbonyl (C=O) groups excluding carboxylic acids is 1. The quantitative estimate of drug-likeness (QED) is 0.867. The highest BCUT2D eigenvalue weighted by Crippen LogP contribution is 2.49. The van der Waals surface area contributed by atoms with Gasteiger partial charge in [-0.05, 0) is 36.6 Å². The van der Waals surface area contributed by atoms with Crippen molar-refractivity contribution in [1.29, 1.82) is 0 Å². The summed E-state index contributed by atoms with van der Waals surface area (Å²) < 4.78 is 6.17. The molecule has 1 saturated heterocycles. The first-order valence-corrected chi connectivity index (χ1v) is 8.57. The van der Waals surface area contributed by atoms with Gasteiger partial charge in [-0.1, -0.05) is 30.3 Å². The van der Waals surface area contributed by atoms with Gasteiger partial charge in [-0.2, -0.15) is 0 Å². The van der Waals surface area contributed by atoms with Gasteiger partial charge in [-0.25, -0.2) is 0 Å². The van der Waals surface area contributed by atoms with Crippen molar-refractivity contribution >= 4 is 17.3 Å². The number of fused-ring (bicyclic) bond motifs is 3. The summed E-state index contributed by atoms with van der Waals surface area (Å²) in [6.45, 7) is 2.33. The molecule has 4 nitrogen and oxygen atoms in total. The number of benzene rings is 2. The second-order valence-electron chi connectivity index (χ2n) is 6.61. The van der Waals surface area contributed by atoms with E-state index in [-0.39, 0.29) is 18.1 Å². The van der Waals surface area contributed by atoms with Gasteiger partial charge in [-0.15, -0.1) is 0 Å². The van der Waals surface area contributed by atoms with Crippen LogP contribution in [0.1, 0.15) is 43.0 Å². The molecule has 0 aliphatic carbocycles. The fourth-order valence-electron chi connectivity index (χ4n) is 3.94. The minimum atomic E-state index is -0.0537. The lowest BCUT2D eigenvalue weighted by molar-refractivity contribution is -0.114. The van der Waals surface area contributed by atoms with Gasteiger partial charge < -0.3 is 15.4 Å². The number of rotatable bonds is 2. The minimum absolute atomic E-state index is 0.0537. The smallest absolute Gasteiger partial charge is 0.221 e. The van der Waals surface area contributed by atoms with E-state index >= 15 is 0 Å². The lowest BCUT2D eigenvalue weighted by atomic mass is 9.77. The van der Waals surface area contributed by atoms with Crippen LogP contribution >= 0.6 is 0 Å². The lowest BCUT2D eigenvalue weighted by Crippen LogP contribution is -2.36. The number of hydrogen-bond acceptors (Lipinski definition) is 3. The molecule has 1 amide bonds. The van der Waals surface area contributed by atoms with Crippen molar-refractivity contribution in [1.82, 2.24) is 0 Å². The Morgan fingerprint density at radius 3 is 2.83 bits per heavy atom. The highest BCUT2D eigenvalue weighted by Gasteiger charge is 2.39. The molecule has 0 saturated carbocycles. The molecule has 1 fully saturated rings. The van der Waals surface area contributed by atoms with Gasteiger partial charge in [0.2, 0.25) is 5.91 Å². The molecule has 0 radical (unpaired) electrons. The number of nitrogens with one attached hydrogen (secondary N) is 2. The molecule has 2 N–H and O–H groups in total. The Morgan fingerprint density at radius 2 is 2.04 bits per heavy atom. The summed E-state index contributed by atoms with van der Waals surface area (Å²) in [5.41, 5.74) is 4.38. The number of carbonyl (C=O) groups is 1. The maximum absolute atomic E-state index is 11.3. The molecule has 2 heterocycles. The summed E-state index contributed by atoms with van der Waals surface area (Å²) in [6.07, 6.45) is 2.31. The third-order valence-corrected chi connectivity index (χ3v) is 4.94. The Hall–Kier alpha value is -2.33. The molecule has 4 rings (SSSR count). The van der Waals surface area contributed by atoms with Crippen molar-refractivity contribution in [3.63, 3.8) is 0 Å². The van der Waals surface area contributed by atoms with E-state index in [9.17, 15) is 4.79 Å². The van der Waals surface area contributed by atoms with Crippen molar-refractivity contribution in [3.8, 4) is 0 Å². The Bertz CT molecular complexity index is 745. The zero-order valence-corrected chi connectivity index (χ0v) is 13.8. The third kappa shape index (κ3) is 2.78. The first-order valence-electron chi connectivity index (χ1n) is 8.57. The number of ether oxygens (including phenoxy) is 1. The van der Waals surface area contributed by atoms with Crippen LogP contribution in [0.25, 0.3) is 0 Å². The Balaban J connectivity index is 1.73. The van der Waals surface area contributed by atoms with E-state index in [1.54, 1.807) is 0 Å². The summed E-state index contributed by atoms with van der Waals surface area (Å²) in [7, 11) is 0. The summed E-state index contributed by atoms with van der Waals surface area (Å²) in [5, 5.41) is 6.57. The normalized spacial score (nSPS) is 25.1. The maximum atomic E-state index is 11.3. The SMILES string of the molecule is CC(=O)Nc1ccc2c(c1)C1OCCCC1C(c1ccccc1)N2. The topological polar surface area (TPSA) is 50.4 Å². The van der Waals surface area contributed by atoms with Crippen molar-refractivity contribution in [3.05, 3.63) is 59.7 Å². The standard InChI is InChI=1S/C20H22N2O2/c1-13(23)21-15-9-10-18-17(12-15)20-16(8-5-11-24-20)19(22-18)14-6-3-2-4-7-14/h2-4,6-7,9-10,12,16,19-20,22H,5,8,11H2,1H3,(H,21,23). The molecule has 3 atom stereocenters. The van der Waals surface area contributed by atoms with E-state index in [4.69, 9.17) is 4.74 Å². The molecule has 2 aromatic rings. The molecule has 3 unspecified atom stereocenters. The molecule has 0 bridgehead atoms. The largest absolute Gasteiger partial charge is 0.378 e. The minimum Gasteiger partial charge on any atom is -0.378 e. The predicted molar refractivity (Wildman–Crippen MR) is 95.0 cm³/mol. The fraction of sp³-hybridized carbons (Fsp3) is 0.350. The number of anilines is 2. The second kappa shape index (κ2) is 6.29. The fourth-order valence-corrected chi connectivity index (χ4v) is 3.94. The van der Waals surface area contributed by atoms with Crippen LogP contribution in [0.2, 0.25) is 0 Å². The molecule has 0 spiro atoms. The maximum Gasteiger partial charge on any atom is 0.221 e. The van der Waals surface area contributed by atoms with E-state index in [1.807, 2.05) is 18.2 Å². The van der Waals surface area contributed by atoms with E-state index in [1.165, 1.54) is 12.5 Å². The molecule has 0 aromatic heterocycles. The summed E-state index contributed by atoms with van der Waals surface area (Å²) in [6, 6.07) is 16.9. The second-order valence-corrected chi connectivity index (χ2v) is 6.61. The average molecular weight is 322 g/mol. The first-order chi connectivity index (χ1) is 11.7. The van der Waals surface area contributed by atoms with Crippen molar-refractivity contribution in [2.75, 3.05) is 17.2 Å². The van der Waals surface area contributed by atoms with Crippen molar-refractivity contribution in [2.24, 2.45) is 5.92 Å². The number of amides is 1. The van der Waals surface area contributed by atoms with Crippen LogP contribution in [0.5, 0.6) is 0 Å². The van der Waals surface area contributed by atoms with Crippen LogP contribution in [0.3, 0.4) is 0 Å². The van der Waals surface area contributed by atoms with Crippen LogP contribution in [-0.4, -0.2) is 12.5 Å². The van der Waals surface area contributed by atoms with E-state index in [0.717, 1.165) is 36.4 Å². The Labute approximate surface area is 142 Å². The third-order valence-electron chi connectivity index (χ3n) is 4.94. The summed E-state index contributed by atoms with van der Waals surface area (Å²) >= 11 is 0. The van der Waals surface area contributed by atoms with Crippen molar-refractivity contribution < 1.29 is 9.53 Å². The van der Waals surface area contributed by atoms with Gasteiger partial charge in [0.1, 0.15) is 0 Å². The molecule has 2 aliphatic rings. The zero-order valence-electron chi connectivity index (χ0n) is 13.8. The Morgan fingerprint density at radius 1 is 1.21 bits per heavy atom. The monoisotopic (exact) mass is 322 g/mol. The van der Waals surface area contributed by atoms with Crippen LogP contribution < -0.4 is 10.6 Å². The highest BCUT2D eigenvalue weighted by molar-refractivity contribution is 5.89. The zero-order chi connectivity index (χ0) is 16.5. The Kier molecular flexibility index (Phi) is 3.98. The van der Waals surface area contributed by atoms with Crippen molar-refractivity contribution in [2.45, 2.75) is 31.9 Å². The van der Waals surface area contributed by atoms with Gasteiger partial charge in [0.25, 0.3) is 0 Å². The van der Waals surface area contributed by atoms with Gasteiger partial charge in [-0.3, -0.25) is 4.79 Å². The van der Waals surface area contributed by atoms with Gasteiger partial charge in [0.15, 0.2) is 0 Å². The summed E-state index contributed by atoms with van der Waals surface area (Å²) in [4.78, 5) is 11.3. The lowest BCUT2D eigenvalue weighted by Gasteiger charge is -2.43. The average Bonchev–Trinajstić information content (AvgIpc) is 2.61. The van der Waals surface area contributed by atoms with Crippen LogP contribution in [-0.2, 0) is 9.53 Å².